The Kier molecular flexibility index (Phi) is 3.09. The van der Waals surface area contributed by atoms with Gasteiger partial charge in [0.1, 0.15) is 0 Å². The van der Waals surface area contributed by atoms with Gasteiger partial charge in [0.15, 0.2) is 0 Å². The molecule has 0 aliphatic heterocycles. The molecule has 2 nitrogen and oxygen atoms in total. The van der Waals surface area contributed by atoms with Gasteiger partial charge in [-0.25, -0.2) is 0 Å². The summed E-state index contributed by atoms with van der Waals surface area (Å²) in [4.78, 5) is 11.3. The fourth-order valence-corrected chi connectivity index (χ4v) is 2.75. The van der Waals surface area contributed by atoms with Crippen LogP contribution in [0.3, 0.4) is 0 Å². The highest BCUT2D eigenvalue weighted by atomic mass is 16.4. The molecule has 20 heavy (non-hydrogen) atoms. The molecule has 3 rings (SSSR count). The molecule has 0 bridgehead atoms. The monoisotopic (exact) mass is 266 g/mol. The van der Waals surface area contributed by atoms with Crippen LogP contribution in [0.2, 0.25) is 0 Å². The molecule has 2 heteroatoms. The number of carbonyl (C=O) groups is 1. The van der Waals surface area contributed by atoms with E-state index in [2.05, 4.69) is 43.3 Å². The minimum atomic E-state index is -0.691. The number of rotatable bonds is 4. The van der Waals surface area contributed by atoms with Crippen molar-refractivity contribution < 1.29 is 9.90 Å². The van der Waals surface area contributed by atoms with Crippen LogP contribution in [0, 0.1) is 6.92 Å². The second-order valence-corrected chi connectivity index (χ2v) is 5.75. The molecule has 1 saturated carbocycles. The Morgan fingerprint density at radius 1 is 1.10 bits per heavy atom. The maximum absolute atomic E-state index is 11.3. The van der Waals surface area contributed by atoms with Gasteiger partial charge in [0.25, 0.3) is 0 Å². The quantitative estimate of drug-likeness (QED) is 0.916. The molecule has 0 heterocycles. The van der Waals surface area contributed by atoms with Crippen molar-refractivity contribution in [2.45, 2.75) is 31.6 Å². The average molecular weight is 266 g/mol. The Bertz CT molecular complexity index is 637. The molecule has 0 amide bonds. The minimum Gasteiger partial charge on any atom is -0.481 e. The molecule has 2 aromatic rings. The van der Waals surface area contributed by atoms with E-state index in [4.69, 9.17) is 0 Å². The molecule has 0 atom stereocenters. The first-order chi connectivity index (χ1) is 9.60. The summed E-state index contributed by atoms with van der Waals surface area (Å²) >= 11 is 0. The molecule has 0 unspecified atom stereocenters. The number of hydrogen-bond donors (Lipinski definition) is 1. The zero-order valence-corrected chi connectivity index (χ0v) is 11.6. The zero-order chi connectivity index (χ0) is 14.2. The smallest absolute Gasteiger partial charge is 0.314 e. The summed E-state index contributed by atoms with van der Waals surface area (Å²) in [5.74, 6) is -0.691. The van der Waals surface area contributed by atoms with E-state index < -0.39 is 11.4 Å². The third-order valence-corrected chi connectivity index (χ3v) is 4.16. The summed E-state index contributed by atoms with van der Waals surface area (Å²) < 4.78 is 0. The highest BCUT2D eigenvalue weighted by Crippen LogP contribution is 2.48. The SMILES string of the molecule is Cc1cccc(Cc2ccc(C3(C(=O)O)CC3)cc2)c1. The number of hydrogen-bond acceptors (Lipinski definition) is 1. The van der Waals surface area contributed by atoms with Gasteiger partial charge in [-0.2, -0.15) is 0 Å². The molecule has 0 aromatic heterocycles. The molecule has 1 aliphatic rings. The van der Waals surface area contributed by atoms with E-state index in [0.29, 0.717) is 0 Å². The van der Waals surface area contributed by atoms with Crippen molar-refractivity contribution in [3.8, 4) is 0 Å². The summed E-state index contributed by atoms with van der Waals surface area (Å²) in [5, 5.41) is 9.29. The van der Waals surface area contributed by atoms with Crippen molar-refractivity contribution in [1.82, 2.24) is 0 Å². The van der Waals surface area contributed by atoms with Crippen LogP contribution in [0.15, 0.2) is 48.5 Å². The van der Waals surface area contributed by atoms with Crippen LogP contribution < -0.4 is 0 Å². The first kappa shape index (κ1) is 12.9. The van der Waals surface area contributed by atoms with Gasteiger partial charge in [-0.3, -0.25) is 4.79 Å². The Labute approximate surface area is 119 Å². The molecular weight excluding hydrogens is 248 g/mol. The van der Waals surface area contributed by atoms with Gasteiger partial charge in [-0.15, -0.1) is 0 Å². The average Bonchev–Trinajstić information content (AvgIpc) is 3.21. The van der Waals surface area contributed by atoms with Gasteiger partial charge in [0.2, 0.25) is 0 Å². The Balaban J connectivity index is 1.79. The lowest BCUT2D eigenvalue weighted by Crippen LogP contribution is -2.19. The molecule has 1 fully saturated rings. The Hall–Kier alpha value is -2.09. The second-order valence-electron chi connectivity index (χ2n) is 5.75. The van der Waals surface area contributed by atoms with E-state index in [1.165, 1.54) is 16.7 Å². The number of benzene rings is 2. The third kappa shape index (κ3) is 2.34. The summed E-state index contributed by atoms with van der Waals surface area (Å²) in [7, 11) is 0. The minimum absolute atomic E-state index is 0.595. The van der Waals surface area contributed by atoms with E-state index in [1.807, 2.05) is 12.1 Å². The van der Waals surface area contributed by atoms with Crippen molar-refractivity contribution in [1.29, 1.82) is 0 Å². The van der Waals surface area contributed by atoms with Crippen LogP contribution in [0.25, 0.3) is 0 Å². The number of aliphatic carboxylic acids is 1. The first-order valence-corrected chi connectivity index (χ1v) is 6.98. The van der Waals surface area contributed by atoms with Crippen molar-refractivity contribution in [3.05, 3.63) is 70.8 Å². The van der Waals surface area contributed by atoms with Gasteiger partial charge in [0.05, 0.1) is 5.41 Å². The second kappa shape index (κ2) is 4.78. The van der Waals surface area contributed by atoms with Gasteiger partial charge < -0.3 is 5.11 Å². The van der Waals surface area contributed by atoms with Crippen LogP contribution in [0.5, 0.6) is 0 Å². The lowest BCUT2D eigenvalue weighted by Gasteiger charge is -2.11. The van der Waals surface area contributed by atoms with Gasteiger partial charge >= 0.3 is 5.97 Å². The molecule has 0 radical (unpaired) electrons. The van der Waals surface area contributed by atoms with Crippen LogP contribution in [0.4, 0.5) is 0 Å². The maximum atomic E-state index is 11.3. The molecule has 2 aromatic carbocycles. The van der Waals surface area contributed by atoms with E-state index in [0.717, 1.165) is 24.8 Å². The molecule has 102 valence electrons. The summed E-state index contributed by atoms with van der Waals surface area (Å²) in [6, 6.07) is 16.5. The van der Waals surface area contributed by atoms with Gasteiger partial charge in [-0.1, -0.05) is 54.1 Å². The fraction of sp³-hybridized carbons (Fsp3) is 0.278. The van der Waals surface area contributed by atoms with Crippen molar-refractivity contribution in [3.63, 3.8) is 0 Å². The predicted octanol–water partition coefficient (Wildman–Crippen LogP) is 3.70. The summed E-state index contributed by atoms with van der Waals surface area (Å²) in [5.41, 5.74) is 4.12. The molecule has 0 saturated heterocycles. The van der Waals surface area contributed by atoms with E-state index in [-0.39, 0.29) is 0 Å². The summed E-state index contributed by atoms with van der Waals surface area (Å²) in [6.45, 7) is 2.09. The molecule has 1 aliphatic carbocycles. The fourth-order valence-electron chi connectivity index (χ4n) is 2.75. The largest absolute Gasteiger partial charge is 0.481 e. The van der Waals surface area contributed by atoms with E-state index in [1.54, 1.807) is 0 Å². The topological polar surface area (TPSA) is 37.3 Å². The molecule has 0 spiro atoms. The lowest BCUT2D eigenvalue weighted by molar-refractivity contribution is -0.140. The van der Waals surface area contributed by atoms with Crippen LogP contribution in [-0.4, -0.2) is 11.1 Å². The van der Waals surface area contributed by atoms with Crippen LogP contribution in [0.1, 0.15) is 35.1 Å². The third-order valence-electron chi connectivity index (χ3n) is 4.16. The van der Waals surface area contributed by atoms with E-state index >= 15 is 0 Å². The lowest BCUT2D eigenvalue weighted by atomic mass is 9.94. The van der Waals surface area contributed by atoms with Crippen molar-refractivity contribution >= 4 is 5.97 Å². The number of carboxylic acids is 1. The highest BCUT2D eigenvalue weighted by Gasteiger charge is 2.51. The van der Waals surface area contributed by atoms with Gasteiger partial charge in [-0.05, 0) is 42.9 Å². The van der Waals surface area contributed by atoms with Crippen molar-refractivity contribution in [2.24, 2.45) is 0 Å². The first-order valence-electron chi connectivity index (χ1n) is 6.98. The Morgan fingerprint density at radius 3 is 2.35 bits per heavy atom. The number of aryl methyl sites for hydroxylation is 1. The molecule has 1 N–H and O–H groups in total. The van der Waals surface area contributed by atoms with Crippen LogP contribution >= 0.6 is 0 Å². The highest BCUT2D eigenvalue weighted by molar-refractivity contribution is 5.84. The van der Waals surface area contributed by atoms with Crippen LogP contribution in [-0.2, 0) is 16.6 Å². The molecular formula is C18H18O2. The number of carboxylic acid groups (broad SMARTS) is 1. The normalized spacial score (nSPS) is 15.8. The van der Waals surface area contributed by atoms with Gasteiger partial charge in [0, 0.05) is 0 Å². The maximum Gasteiger partial charge on any atom is 0.314 e. The predicted molar refractivity (Wildman–Crippen MR) is 79.0 cm³/mol. The van der Waals surface area contributed by atoms with E-state index in [9.17, 15) is 9.90 Å². The Morgan fingerprint density at radius 2 is 1.80 bits per heavy atom. The summed E-state index contributed by atoms with van der Waals surface area (Å²) in [6.07, 6.45) is 2.42. The zero-order valence-electron chi connectivity index (χ0n) is 11.6. The standard InChI is InChI=1S/C18H18O2/c1-13-3-2-4-15(11-13)12-14-5-7-16(8-6-14)18(9-10-18)17(19)20/h2-8,11H,9-10,12H2,1H3,(H,19,20). The van der Waals surface area contributed by atoms with Crippen molar-refractivity contribution in [2.75, 3.05) is 0 Å².